The quantitative estimate of drug-likeness (QED) is 0.919. The number of rotatable bonds is 4. The monoisotopic (exact) mass is 346 g/mol. The highest BCUT2D eigenvalue weighted by Crippen LogP contribution is 2.20. The normalized spacial score (nSPS) is 11.1. The van der Waals surface area contributed by atoms with Crippen LogP contribution >= 0.6 is 0 Å². The lowest BCUT2D eigenvalue weighted by Crippen LogP contribution is -2.31. The number of ether oxygens (including phenoxy) is 1. The van der Waals surface area contributed by atoms with Gasteiger partial charge in [-0.1, -0.05) is 26.8 Å². The molecular weight excluding hydrogens is 323 g/mol. The van der Waals surface area contributed by atoms with Gasteiger partial charge >= 0.3 is 6.03 Å². The Morgan fingerprint density at radius 3 is 2.44 bits per heavy atom. The Labute approximate surface area is 147 Å². The molecule has 1 heterocycles. The summed E-state index contributed by atoms with van der Waals surface area (Å²) in [5, 5.41) is 2.72. The fourth-order valence-corrected chi connectivity index (χ4v) is 2.15. The summed E-state index contributed by atoms with van der Waals surface area (Å²) in [5.74, 6) is 0.416. The Morgan fingerprint density at radius 2 is 1.92 bits per heavy atom. The summed E-state index contributed by atoms with van der Waals surface area (Å²) < 4.78 is 18.6. The van der Waals surface area contributed by atoms with Gasteiger partial charge in [-0.3, -0.25) is 0 Å². The van der Waals surface area contributed by atoms with Crippen molar-refractivity contribution in [3.8, 4) is 5.75 Å². The van der Waals surface area contributed by atoms with E-state index in [0.717, 1.165) is 0 Å². The maximum atomic E-state index is 13.7. The average molecular weight is 346 g/mol. The Bertz CT molecular complexity index is 742. The van der Waals surface area contributed by atoms with Crippen molar-refractivity contribution in [2.75, 3.05) is 19.5 Å². The number of amides is 2. The molecule has 0 radical (unpaired) electrons. The third-order valence-corrected chi connectivity index (χ3v) is 3.56. The van der Waals surface area contributed by atoms with E-state index in [1.165, 1.54) is 24.1 Å². The van der Waals surface area contributed by atoms with Crippen molar-refractivity contribution in [3.63, 3.8) is 0 Å². The van der Waals surface area contributed by atoms with Crippen LogP contribution in [-0.4, -0.2) is 35.1 Å². The molecule has 25 heavy (non-hydrogen) atoms. The molecule has 7 heteroatoms. The van der Waals surface area contributed by atoms with Crippen molar-refractivity contribution >= 4 is 11.7 Å². The SMILES string of the molecule is COc1ccc(CN(C)C(=O)Nc2cnc(C(C)(C)C)nc2)cc1F. The van der Waals surface area contributed by atoms with Gasteiger partial charge in [0, 0.05) is 19.0 Å². The van der Waals surface area contributed by atoms with Crippen molar-refractivity contribution in [2.45, 2.75) is 32.7 Å². The van der Waals surface area contributed by atoms with Crippen molar-refractivity contribution in [3.05, 3.63) is 47.8 Å². The second kappa shape index (κ2) is 7.46. The molecule has 0 atom stereocenters. The van der Waals surface area contributed by atoms with E-state index in [9.17, 15) is 9.18 Å². The predicted molar refractivity (Wildman–Crippen MR) is 94.2 cm³/mol. The van der Waals surface area contributed by atoms with Crippen LogP contribution in [0.3, 0.4) is 0 Å². The highest BCUT2D eigenvalue weighted by Gasteiger charge is 2.17. The molecule has 1 aromatic carbocycles. The van der Waals surface area contributed by atoms with Crippen LogP contribution in [0.5, 0.6) is 5.75 Å². The fourth-order valence-electron chi connectivity index (χ4n) is 2.15. The minimum Gasteiger partial charge on any atom is -0.494 e. The van der Waals surface area contributed by atoms with Gasteiger partial charge in [-0.15, -0.1) is 0 Å². The fraction of sp³-hybridized carbons (Fsp3) is 0.389. The van der Waals surface area contributed by atoms with Crippen molar-refractivity contribution in [1.82, 2.24) is 14.9 Å². The Balaban J connectivity index is 1.99. The molecule has 134 valence electrons. The first kappa shape index (κ1) is 18.6. The number of urea groups is 1. The Hall–Kier alpha value is -2.70. The number of carbonyl (C=O) groups excluding carboxylic acids is 1. The lowest BCUT2D eigenvalue weighted by molar-refractivity contribution is 0.220. The molecule has 1 N–H and O–H groups in total. The van der Waals surface area contributed by atoms with Crippen molar-refractivity contribution in [1.29, 1.82) is 0 Å². The zero-order valence-electron chi connectivity index (χ0n) is 15.1. The van der Waals surface area contributed by atoms with E-state index < -0.39 is 5.82 Å². The minimum atomic E-state index is -0.458. The Morgan fingerprint density at radius 1 is 1.28 bits per heavy atom. The van der Waals surface area contributed by atoms with E-state index >= 15 is 0 Å². The first-order chi connectivity index (χ1) is 11.7. The van der Waals surface area contributed by atoms with Gasteiger partial charge in [0.2, 0.25) is 0 Å². The second-order valence-corrected chi connectivity index (χ2v) is 6.80. The highest BCUT2D eigenvalue weighted by molar-refractivity contribution is 5.88. The maximum absolute atomic E-state index is 13.7. The van der Waals surface area contributed by atoms with Gasteiger partial charge in [-0.2, -0.15) is 0 Å². The third kappa shape index (κ3) is 4.89. The zero-order chi connectivity index (χ0) is 18.6. The van der Waals surface area contributed by atoms with Crippen molar-refractivity contribution in [2.24, 2.45) is 0 Å². The molecule has 0 saturated heterocycles. The highest BCUT2D eigenvalue weighted by atomic mass is 19.1. The lowest BCUT2D eigenvalue weighted by atomic mass is 9.96. The molecule has 0 spiro atoms. The predicted octanol–water partition coefficient (Wildman–Crippen LogP) is 3.59. The van der Waals surface area contributed by atoms with Crippen LogP contribution in [0.15, 0.2) is 30.6 Å². The number of nitrogens with zero attached hydrogens (tertiary/aromatic N) is 3. The summed E-state index contributed by atoms with van der Waals surface area (Å²) in [6.07, 6.45) is 3.15. The Kier molecular flexibility index (Phi) is 5.56. The molecule has 0 aliphatic carbocycles. The third-order valence-electron chi connectivity index (χ3n) is 3.56. The molecular formula is C18H23FN4O2. The van der Waals surface area contributed by atoms with Crippen LogP contribution in [0.4, 0.5) is 14.9 Å². The van der Waals surface area contributed by atoms with E-state index in [4.69, 9.17) is 4.74 Å². The summed E-state index contributed by atoms with van der Waals surface area (Å²) >= 11 is 0. The van der Waals surface area contributed by atoms with E-state index in [0.29, 0.717) is 17.1 Å². The molecule has 0 unspecified atom stereocenters. The molecule has 0 aliphatic rings. The van der Waals surface area contributed by atoms with E-state index in [1.54, 1.807) is 25.5 Å². The number of hydrogen-bond acceptors (Lipinski definition) is 4. The summed E-state index contributed by atoms with van der Waals surface area (Å²) in [5.41, 5.74) is 1.01. The van der Waals surface area contributed by atoms with E-state index in [1.807, 2.05) is 20.8 Å². The number of carbonyl (C=O) groups is 1. The first-order valence-corrected chi connectivity index (χ1v) is 7.88. The number of benzene rings is 1. The first-order valence-electron chi connectivity index (χ1n) is 7.88. The second-order valence-electron chi connectivity index (χ2n) is 6.80. The van der Waals surface area contributed by atoms with Crippen LogP contribution in [-0.2, 0) is 12.0 Å². The standard InChI is InChI=1S/C18H23FN4O2/c1-18(2,3)16-20-9-13(10-21-16)22-17(24)23(4)11-12-6-7-15(25-5)14(19)8-12/h6-10H,11H2,1-5H3,(H,22,24). The topological polar surface area (TPSA) is 67.3 Å². The summed E-state index contributed by atoms with van der Waals surface area (Å²) in [4.78, 5) is 22.2. The number of halogens is 1. The van der Waals surface area contributed by atoms with Crippen LogP contribution in [0.2, 0.25) is 0 Å². The van der Waals surface area contributed by atoms with Crippen LogP contribution in [0, 0.1) is 5.82 Å². The summed E-state index contributed by atoms with van der Waals surface area (Å²) in [6, 6.07) is 4.27. The van der Waals surface area contributed by atoms with Crippen molar-refractivity contribution < 1.29 is 13.9 Å². The van der Waals surface area contributed by atoms with Gasteiger partial charge in [0.25, 0.3) is 0 Å². The smallest absolute Gasteiger partial charge is 0.321 e. The number of nitrogens with one attached hydrogen (secondary N) is 1. The molecule has 0 saturated carbocycles. The lowest BCUT2D eigenvalue weighted by Gasteiger charge is -2.19. The number of anilines is 1. The van der Waals surface area contributed by atoms with E-state index in [-0.39, 0.29) is 23.7 Å². The van der Waals surface area contributed by atoms with E-state index in [2.05, 4.69) is 15.3 Å². The summed E-state index contributed by atoms with van der Waals surface area (Å²) in [7, 11) is 3.03. The molecule has 2 rings (SSSR count). The number of methoxy groups -OCH3 is 1. The minimum absolute atomic E-state index is 0.155. The average Bonchev–Trinajstić information content (AvgIpc) is 2.54. The molecule has 0 bridgehead atoms. The maximum Gasteiger partial charge on any atom is 0.321 e. The van der Waals surface area contributed by atoms with Gasteiger partial charge in [0.15, 0.2) is 11.6 Å². The molecule has 1 aromatic heterocycles. The van der Waals surface area contributed by atoms with Gasteiger partial charge in [0.1, 0.15) is 5.82 Å². The molecule has 0 fully saturated rings. The van der Waals surface area contributed by atoms with Gasteiger partial charge in [-0.25, -0.2) is 19.2 Å². The van der Waals surface area contributed by atoms with Crippen LogP contribution in [0.25, 0.3) is 0 Å². The molecule has 6 nitrogen and oxygen atoms in total. The summed E-state index contributed by atoms with van der Waals surface area (Å²) in [6.45, 7) is 6.31. The van der Waals surface area contributed by atoms with Gasteiger partial charge < -0.3 is 15.0 Å². The van der Waals surface area contributed by atoms with Gasteiger partial charge in [0.05, 0.1) is 25.2 Å². The van der Waals surface area contributed by atoms with Crippen LogP contribution < -0.4 is 10.1 Å². The zero-order valence-corrected chi connectivity index (χ0v) is 15.1. The number of hydrogen-bond donors (Lipinski definition) is 1. The molecule has 2 amide bonds. The van der Waals surface area contributed by atoms with Crippen LogP contribution in [0.1, 0.15) is 32.2 Å². The molecule has 0 aliphatic heterocycles. The van der Waals surface area contributed by atoms with Gasteiger partial charge in [-0.05, 0) is 17.7 Å². The largest absolute Gasteiger partial charge is 0.494 e. The molecule has 2 aromatic rings. The number of aromatic nitrogens is 2.